The van der Waals surface area contributed by atoms with E-state index in [1.54, 1.807) is 6.07 Å². The number of rotatable bonds is 3. The van der Waals surface area contributed by atoms with Crippen LogP contribution in [0, 0.1) is 18.6 Å². The fourth-order valence-corrected chi connectivity index (χ4v) is 2.62. The van der Waals surface area contributed by atoms with Crippen LogP contribution < -0.4 is 4.74 Å². The Hall–Kier alpha value is -1.42. The van der Waals surface area contributed by atoms with Gasteiger partial charge in [-0.1, -0.05) is 22.0 Å². The Bertz CT molecular complexity index is 578. The summed E-state index contributed by atoms with van der Waals surface area (Å²) in [6.45, 7) is 1.81. The molecule has 0 saturated heterocycles. The Morgan fingerprint density at radius 1 is 1.05 bits per heavy atom. The smallest absolute Gasteiger partial charge is 0.123 e. The molecule has 2 rings (SSSR count). The molecule has 1 atom stereocenters. The summed E-state index contributed by atoms with van der Waals surface area (Å²) < 4.78 is 32.0. The molecule has 100 valence electrons. The molecule has 0 aliphatic rings. The maximum Gasteiger partial charge on any atom is 0.123 e. The van der Waals surface area contributed by atoms with Gasteiger partial charge in [0.25, 0.3) is 0 Å². The van der Waals surface area contributed by atoms with Crippen LogP contribution in [0.3, 0.4) is 0 Å². The minimum absolute atomic E-state index is 0.310. The van der Waals surface area contributed by atoms with Crippen molar-refractivity contribution in [2.75, 3.05) is 7.11 Å². The molecule has 0 fully saturated rings. The van der Waals surface area contributed by atoms with Crippen molar-refractivity contribution in [3.63, 3.8) is 0 Å². The second-order valence-electron chi connectivity index (χ2n) is 4.31. The topological polar surface area (TPSA) is 9.23 Å². The largest absolute Gasteiger partial charge is 0.496 e. The Morgan fingerprint density at radius 3 is 2.42 bits per heavy atom. The zero-order chi connectivity index (χ0) is 14.0. The van der Waals surface area contributed by atoms with Crippen molar-refractivity contribution in [2.45, 2.75) is 11.8 Å². The summed E-state index contributed by atoms with van der Waals surface area (Å²) in [6.07, 6.45) is 0. The molecular formula is C15H13BrF2O. The van der Waals surface area contributed by atoms with Crippen molar-refractivity contribution in [3.05, 3.63) is 64.7 Å². The van der Waals surface area contributed by atoms with E-state index < -0.39 is 0 Å². The number of methoxy groups -OCH3 is 1. The number of halogens is 3. The van der Waals surface area contributed by atoms with Crippen LogP contribution in [-0.2, 0) is 0 Å². The molecule has 2 aromatic carbocycles. The van der Waals surface area contributed by atoms with E-state index in [-0.39, 0.29) is 16.5 Å². The zero-order valence-corrected chi connectivity index (χ0v) is 12.2. The van der Waals surface area contributed by atoms with Crippen molar-refractivity contribution in [2.24, 2.45) is 0 Å². The molecule has 19 heavy (non-hydrogen) atoms. The first-order valence-electron chi connectivity index (χ1n) is 5.76. The lowest BCUT2D eigenvalue weighted by atomic mass is 10.0. The molecule has 1 nitrogen and oxygen atoms in total. The maximum atomic E-state index is 13.4. The van der Waals surface area contributed by atoms with Gasteiger partial charge in [-0.3, -0.25) is 0 Å². The lowest BCUT2D eigenvalue weighted by Gasteiger charge is -2.15. The third-order valence-corrected chi connectivity index (χ3v) is 3.84. The van der Waals surface area contributed by atoms with E-state index in [0.29, 0.717) is 11.3 Å². The third-order valence-electron chi connectivity index (χ3n) is 2.82. The number of hydrogen-bond acceptors (Lipinski definition) is 1. The number of benzene rings is 2. The van der Waals surface area contributed by atoms with Gasteiger partial charge in [-0.25, -0.2) is 8.78 Å². The van der Waals surface area contributed by atoms with Gasteiger partial charge in [-0.2, -0.15) is 0 Å². The molecule has 1 unspecified atom stereocenters. The van der Waals surface area contributed by atoms with Crippen LogP contribution in [0.4, 0.5) is 8.78 Å². The minimum atomic E-state index is -0.353. The quantitative estimate of drug-likeness (QED) is 0.738. The first-order chi connectivity index (χ1) is 9.01. The molecule has 0 aliphatic heterocycles. The van der Waals surface area contributed by atoms with Crippen LogP contribution in [0.1, 0.15) is 21.5 Å². The number of alkyl halides is 1. The van der Waals surface area contributed by atoms with Crippen LogP contribution in [0.15, 0.2) is 36.4 Å². The van der Waals surface area contributed by atoms with E-state index in [1.807, 2.05) is 13.0 Å². The molecule has 0 bridgehead atoms. The fraction of sp³-hybridized carbons (Fsp3) is 0.200. The predicted molar refractivity (Wildman–Crippen MR) is 74.9 cm³/mol. The molecule has 0 aliphatic carbocycles. The summed E-state index contributed by atoms with van der Waals surface area (Å²) in [5.74, 6) is -0.103. The van der Waals surface area contributed by atoms with Gasteiger partial charge in [0, 0.05) is 5.56 Å². The summed E-state index contributed by atoms with van der Waals surface area (Å²) in [5, 5.41) is 0. The van der Waals surface area contributed by atoms with Gasteiger partial charge in [0.05, 0.1) is 11.9 Å². The van der Waals surface area contributed by atoms with Crippen molar-refractivity contribution >= 4 is 15.9 Å². The zero-order valence-electron chi connectivity index (χ0n) is 10.6. The molecule has 0 saturated carbocycles. The first-order valence-corrected chi connectivity index (χ1v) is 6.67. The lowest BCUT2D eigenvalue weighted by Crippen LogP contribution is -1.99. The minimum Gasteiger partial charge on any atom is -0.496 e. The molecule has 0 N–H and O–H groups in total. The van der Waals surface area contributed by atoms with Crippen molar-refractivity contribution in [3.8, 4) is 5.75 Å². The number of aryl methyl sites for hydroxylation is 1. The van der Waals surface area contributed by atoms with Crippen molar-refractivity contribution in [1.29, 1.82) is 0 Å². The summed E-state index contributed by atoms with van der Waals surface area (Å²) in [6, 6.07) is 9.01. The Labute approximate surface area is 119 Å². The highest BCUT2D eigenvalue weighted by atomic mass is 79.9. The third kappa shape index (κ3) is 3.13. The summed E-state index contributed by atoms with van der Waals surface area (Å²) in [4.78, 5) is -0.326. The first kappa shape index (κ1) is 14.0. The van der Waals surface area contributed by atoms with Gasteiger partial charge in [-0.05, 0) is 48.4 Å². The van der Waals surface area contributed by atoms with Crippen LogP contribution >= 0.6 is 15.9 Å². The Balaban J connectivity index is 2.48. The van der Waals surface area contributed by atoms with Crippen LogP contribution in [-0.4, -0.2) is 7.11 Å². The van der Waals surface area contributed by atoms with E-state index in [9.17, 15) is 8.78 Å². The molecule has 0 heterocycles. The second-order valence-corrected chi connectivity index (χ2v) is 5.23. The number of ether oxygens (including phenoxy) is 1. The van der Waals surface area contributed by atoms with E-state index in [1.165, 1.54) is 31.4 Å². The summed E-state index contributed by atoms with van der Waals surface area (Å²) in [5.41, 5.74) is 2.17. The van der Waals surface area contributed by atoms with Gasteiger partial charge < -0.3 is 4.74 Å². The molecule has 4 heteroatoms. The Kier molecular flexibility index (Phi) is 4.20. The molecule has 0 aromatic heterocycles. The van der Waals surface area contributed by atoms with Gasteiger partial charge >= 0.3 is 0 Å². The normalized spacial score (nSPS) is 12.3. The van der Waals surface area contributed by atoms with E-state index in [4.69, 9.17) is 4.74 Å². The maximum absolute atomic E-state index is 13.4. The summed E-state index contributed by atoms with van der Waals surface area (Å²) >= 11 is 3.47. The molecule has 0 spiro atoms. The monoisotopic (exact) mass is 326 g/mol. The van der Waals surface area contributed by atoms with E-state index in [0.717, 1.165) is 11.1 Å². The highest BCUT2D eigenvalue weighted by Crippen LogP contribution is 2.37. The Morgan fingerprint density at radius 2 is 1.79 bits per heavy atom. The van der Waals surface area contributed by atoms with Gasteiger partial charge in [0.2, 0.25) is 0 Å². The lowest BCUT2D eigenvalue weighted by molar-refractivity contribution is 0.409. The van der Waals surface area contributed by atoms with Crippen LogP contribution in [0.2, 0.25) is 0 Å². The number of hydrogen-bond donors (Lipinski definition) is 0. The SMILES string of the molecule is COc1ccc(F)cc1C(Br)c1cc(C)cc(F)c1. The molecule has 0 radical (unpaired) electrons. The molecule has 0 amide bonds. The highest BCUT2D eigenvalue weighted by molar-refractivity contribution is 9.09. The van der Waals surface area contributed by atoms with Crippen molar-refractivity contribution in [1.82, 2.24) is 0 Å². The fourth-order valence-electron chi connectivity index (χ4n) is 1.99. The highest BCUT2D eigenvalue weighted by Gasteiger charge is 2.17. The van der Waals surface area contributed by atoms with Crippen molar-refractivity contribution < 1.29 is 13.5 Å². The van der Waals surface area contributed by atoms with Crippen LogP contribution in [0.25, 0.3) is 0 Å². The molecule has 2 aromatic rings. The second kappa shape index (κ2) is 5.70. The standard InChI is InChI=1S/C15H13BrF2O/c1-9-5-10(7-12(18)6-9)15(16)13-8-11(17)3-4-14(13)19-2/h3-8,15H,1-2H3. The van der Waals surface area contributed by atoms with E-state index in [2.05, 4.69) is 15.9 Å². The van der Waals surface area contributed by atoms with Gasteiger partial charge in [0.1, 0.15) is 17.4 Å². The predicted octanol–water partition coefficient (Wildman–Crippen LogP) is 4.77. The average Bonchev–Trinajstić information content (AvgIpc) is 2.36. The average molecular weight is 327 g/mol. The van der Waals surface area contributed by atoms with Gasteiger partial charge in [0.15, 0.2) is 0 Å². The molecular weight excluding hydrogens is 314 g/mol. The van der Waals surface area contributed by atoms with E-state index >= 15 is 0 Å². The van der Waals surface area contributed by atoms with Gasteiger partial charge in [-0.15, -0.1) is 0 Å². The van der Waals surface area contributed by atoms with Crippen LogP contribution in [0.5, 0.6) is 5.75 Å². The summed E-state index contributed by atoms with van der Waals surface area (Å²) in [7, 11) is 1.52.